The van der Waals surface area contributed by atoms with Crippen molar-refractivity contribution in [3.63, 3.8) is 0 Å². The van der Waals surface area contributed by atoms with Crippen LogP contribution in [-0.2, 0) is 9.53 Å². The van der Waals surface area contributed by atoms with Gasteiger partial charge in [-0.1, -0.05) is 0 Å². The van der Waals surface area contributed by atoms with Gasteiger partial charge < -0.3 is 4.74 Å². The van der Waals surface area contributed by atoms with E-state index in [0.29, 0.717) is 12.8 Å². The standard InChI is InChI=1S/C9H14O2/c1-4-5-6-7-9(10)8(2)11-3/h8H,6-7H2,1-3H3. The van der Waals surface area contributed by atoms with Crippen molar-refractivity contribution in [2.24, 2.45) is 0 Å². The van der Waals surface area contributed by atoms with E-state index in [2.05, 4.69) is 11.8 Å². The smallest absolute Gasteiger partial charge is 0.162 e. The van der Waals surface area contributed by atoms with Crippen LogP contribution in [0.2, 0.25) is 0 Å². The van der Waals surface area contributed by atoms with E-state index < -0.39 is 0 Å². The Morgan fingerprint density at radius 1 is 1.64 bits per heavy atom. The first-order chi connectivity index (χ1) is 5.22. The minimum Gasteiger partial charge on any atom is -0.374 e. The summed E-state index contributed by atoms with van der Waals surface area (Å²) in [7, 11) is 1.54. The van der Waals surface area contributed by atoms with E-state index in [1.807, 2.05) is 0 Å². The monoisotopic (exact) mass is 154 g/mol. The van der Waals surface area contributed by atoms with E-state index in [4.69, 9.17) is 4.74 Å². The summed E-state index contributed by atoms with van der Waals surface area (Å²) in [6.45, 7) is 3.52. The molecule has 0 aromatic carbocycles. The van der Waals surface area contributed by atoms with Crippen LogP contribution < -0.4 is 0 Å². The van der Waals surface area contributed by atoms with E-state index in [9.17, 15) is 4.79 Å². The molecule has 0 aliphatic rings. The summed E-state index contributed by atoms with van der Waals surface area (Å²) in [6, 6.07) is 0. The second-order valence-electron chi connectivity index (χ2n) is 2.27. The molecule has 0 N–H and O–H groups in total. The van der Waals surface area contributed by atoms with Crippen molar-refractivity contribution in [3.8, 4) is 11.8 Å². The maximum atomic E-state index is 11.1. The molecule has 0 radical (unpaired) electrons. The molecular weight excluding hydrogens is 140 g/mol. The number of Topliss-reactive ketones (excluding diaryl/α,β-unsaturated/α-hetero) is 1. The van der Waals surface area contributed by atoms with Gasteiger partial charge in [0.15, 0.2) is 5.78 Å². The van der Waals surface area contributed by atoms with Crippen LogP contribution in [-0.4, -0.2) is 19.0 Å². The molecule has 2 nitrogen and oxygen atoms in total. The predicted molar refractivity (Wildman–Crippen MR) is 44.2 cm³/mol. The molecule has 0 aromatic heterocycles. The average Bonchev–Trinajstić information content (AvgIpc) is 2.03. The van der Waals surface area contributed by atoms with Crippen LogP contribution in [0, 0.1) is 11.8 Å². The number of methoxy groups -OCH3 is 1. The molecule has 62 valence electrons. The summed E-state index contributed by atoms with van der Waals surface area (Å²) < 4.78 is 4.84. The Morgan fingerprint density at radius 3 is 2.73 bits per heavy atom. The Labute approximate surface area is 67.9 Å². The zero-order valence-electron chi connectivity index (χ0n) is 7.31. The first kappa shape index (κ1) is 10.2. The van der Waals surface area contributed by atoms with Gasteiger partial charge in [0.2, 0.25) is 0 Å². The van der Waals surface area contributed by atoms with Crippen molar-refractivity contribution in [1.82, 2.24) is 0 Å². The summed E-state index contributed by atoms with van der Waals surface area (Å²) in [5.41, 5.74) is 0. The van der Waals surface area contributed by atoms with Crippen LogP contribution >= 0.6 is 0 Å². The molecule has 0 saturated carbocycles. The zero-order valence-corrected chi connectivity index (χ0v) is 7.31. The highest BCUT2D eigenvalue weighted by atomic mass is 16.5. The Morgan fingerprint density at radius 2 is 2.27 bits per heavy atom. The number of carbonyl (C=O) groups excluding carboxylic acids is 1. The molecule has 0 aromatic rings. The fourth-order valence-electron chi connectivity index (χ4n) is 0.645. The minimum absolute atomic E-state index is 0.121. The number of ether oxygens (including phenoxy) is 1. The van der Waals surface area contributed by atoms with Gasteiger partial charge in [-0.3, -0.25) is 4.79 Å². The van der Waals surface area contributed by atoms with Crippen LogP contribution in [0.1, 0.15) is 26.7 Å². The summed E-state index contributed by atoms with van der Waals surface area (Å²) in [5, 5.41) is 0. The molecular formula is C9H14O2. The van der Waals surface area contributed by atoms with E-state index in [1.54, 1.807) is 13.8 Å². The van der Waals surface area contributed by atoms with Gasteiger partial charge in [0.05, 0.1) is 0 Å². The molecule has 1 unspecified atom stereocenters. The molecule has 2 heteroatoms. The molecule has 0 aliphatic carbocycles. The number of hydrogen-bond acceptors (Lipinski definition) is 2. The molecule has 0 rings (SSSR count). The third-order valence-electron chi connectivity index (χ3n) is 1.48. The third kappa shape index (κ3) is 4.58. The maximum absolute atomic E-state index is 11.1. The lowest BCUT2D eigenvalue weighted by Gasteiger charge is -2.05. The van der Waals surface area contributed by atoms with Crippen LogP contribution in [0.25, 0.3) is 0 Å². The van der Waals surface area contributed by atoms with Gasteiger partial charge in [-0.15, -0.1) is 11.8 Å². The first-order valence-electron chi connectivity index (χ1n) is 3.67. The van der Waals surface area contributed by atoms with Gasteiger partial charge in [0, 0.05) is 20.0 Å². The fraction of sp³-hybridized carbons (Fsp3) is 0.667. The topological polar surface area (TPSA) is 26.3 Å². The third-order valence-corrected chi connectivity index (χ3v) is 1.48. The Balaban J connectivity index is 3.57. The Kier molecular flexibility index (Phi) is 5.50. The largest absolute Gasteiger partial charge is 0.374 e. The van der Waals surface area contributed by atoms with Gasteiger partial charge >= 0.3 is 0 Å². The normalized spacial score (nSPS) is 11.5. The van der Waals surface area contributed by atoms with Crippen LogP contribution in [0.4, 0.5) is 0 Å². The Bertz CT molecular complexity index is 174. The molecule has 0 fully saturated rings. The van der Waals surface area contributed by atoms with Crippen molar-refractivity contribution in [2.45, 2.75) is 32.8 Å². The van der Waals surface area contributed by atoms with Crippen LogP contribution in [0.5, 0.6) is 0 Å². The maximum Gasteiger partial charge on any atom is 0.162 e. The molecule has 0 saturated heterocycles. The highest BCUT2D eigenvalue weighted by Gasteiger charge is 2.09. The lowest BCUT2D eigenvalue weighted by Crippen LogP contribution is -2.18. The van der Waals surface area contributed by atoms with Gasteiger partial charge in [-0.05, 0) is 13.8 Å². The molecule has 0 spiro atoms. The lowest BCUT2D eigenvalue weighted by molar-refractivity contribution is -0.127. The van der Waals surface area contributed by atoms with E-state index in [-0.39, 0.29) is 11.9 Å². The van der Waals surface area contributed by atoms with Crippen molar-refractivity contribution in [2.75, 3.05) is 7.11 Å². The van der Waals surface area contributed by atoms with Crippen molar-refractivity contribution in [3.05, 3.63) is 0 Å². The number of carbonyl (C=O) groups is 1. The Hall–Kier alpha value is -0.810. The second-order valence-corrected chi connectivity index (χ2v) is 2.27. The first-order valence-corrected chi connectivity index (χ1v) is 3.67. The summed E-state index contributed by atoms with van der Waals surface area (Å²) in [6.07, 6.45) is 0.854. The van der Waals surface area contributed by atoms with Crippen molar-refractivity contribution < 1.29 is 9.53 Å². The minimum atomic E-state index is -0.284. The van der Waals surface area contributed by atoms with Gasteiger partial charge in [0.25, 0.3) is 0 Å². The number of ketones is 1. The quantitative estimate of drug-likeness (QED) is 0.572. The predicted octanol–water partition coefficient (Wildman–Crippen LogP) is 1.39. The van der Waals surface area contributed by atoms with E-state index in [1.165, 1.54) is 7.11 Å². The highest BCUT2D eigenvalue weighted by molar-refractivity contribution is 5.82. The van der Waals surface area contributed by atoms with Gasteiger partial charge in [0.1, 0.15) is 6.10 Å². The molecule has 0 aliphatic heterocycles. The SMILES string of the molecule is CC#CCCC(=O)C(C)OC. The van der Waals surface area contributed by atoms with E-state index >= 15 is 0 Å². The van der Waals surface area contributed by atoms with Crippen molar-refractivity contribution >= 4 is 5.78 Å². The van der Waals surface area contributed by atoms with Gasteiger partial charge in [-0.25, -0.2) is 0 Å². The zero-order chi connectivity index (χ0) is 8.69. The summed E-state index contributed by atoms with van der Waals surface area (Å²) in [5.74, 6) is 5.69. The lowest BCUT2D eigenvalue weighted by atomic mass is 10.1. The van der Waals surface area contributed by atoms with Gasteiger partial charge in [-0.2, -0.15) is 0 Å². The molecule has 0 amide bonds. The molecule has 1 atom stereocenters. The molecule has 0 heterocycles. The highest BCUT2D eigenvalue weighted by Crippen LogP contribution is 1.97. The summed E-state index contributed by atoms with van der Waals surface area (Å²) >= 11 is 0. The fourth-order valence-corrected chi connectivity index (χ4v) is 0.645. The second kappa shape index (κ2) is 5.94. The summed E-state index contributed by atoms with van der Waals surface area (Å²) in [4.78, 5) is 11.1. The average molecular weight is 154 g/mol. The molecule has 11 heavy (non-hydrogen) atoms. The van der Waals surface area contributed by atoms with Crippen LogP contribution in [0.15, 0.2) is 0 Å². The molecule has 0 bridgehead atoms. The van der Waals surface area contributed by atoms with Crippen molar-refractivity contribution in [1.29, 1.82) is 0 Å². The number of rotatable bonds is 4. The van der Waals surface area contributed by atoms with E-state index in [0.717, 1.165) is 0 Å². The van der Waals surface area contributed by atoms with Crippen LogP contribution in [0.3, 0.4) is 0 Å². The number of hydrogen-bond donors (Lipinski definition) is 0.